The third-order valence-corrected chi connectivity index (χ3v) is 4.49. The van der Waals surface area contributed by atoms with Gasteiger partial charge in [0, 0.05) is 6.42 Å². The van der Waals surface area contributed by atoms with Gasteiger partial charge in [-0.1, -0.05) is 0 Å². The number of esters is 1. The van der Waals surface area contributed by atoms with Gasteiger partial charge < -0.3 is 28.4 Å². The fraction of sp³-hybridized carbons (Fsp3) is 0.609. The second-order valence-corrected chi connectivity index (χ2v) is 8.50. The lowest BCUT2D eigenvalue weighted by Crippen LogP contribution is -2.53. The van der Waals surface area contributed by atoms with Gasteiger partial charge in [0.05, 0.1) is 26.9 Å². The van der Waals surface area contributed by atoms with Gasteiger partial charge in [-0.25, -0.2) is 14.4 Å². The first kappa shape index (κ1) is 26.2. The van der Waals surface area contributed by atoms with Gasteiger partial charge in [0.1, 0.15) is 29.3 Å². The molecule has 0 aromatic heterocycles. The summed E-state index contributed by atoms with van der Waals surface area (Å²) in [6.07, 6.45) is -2.69. The van der Waals surface area contributed by atoms with Gasteiger partial charge in [-0.2, -0.15) is 4.90 Å². The van der Waals surface area contributed by atoms with E-state index in [-0.39, 0.29) is 19.8 Å². The van der Waals surface area contributed by atoms with Crippen LogP contribution in [0, 0.1) is 0 Å². The Bertz CT molecular complexity index is 803. The van der Waals surface area contributed by atoms with Crippen molar-refractivity contribution < 1.29 is 42.8 Å². The van der Waals surface area contributed by atoms with Gasteiger partial charge >= 0.3 is 18.2 Å². The van der Waals surface area contributed by atoms with Crippen LogP contribution in [0.15, 0.2) is 24.3 Å². The molecule has 0 aliphatic carbocycles. The molecule has 0 saturated carbocycles. The van der Waals surface area contributed by atoms with Crippen LogP contribution in [-0.2, 0) is 23.7 Å². The van der Waals surface area contributed by atoms with Crippen molar-refractivity contribution in [2.45, 2.75) is 64.9 Å². The standard InChI is InChI=1S/C23H33NO9/c1-7-30-21(26)24(22(27)33-23(3,4)5)19-14-29-13-18(12-15(2)31-20(19)25)32-17-10-8-16(28-6)9-11-17/h8-11,15,18-19H,7,12-14H2,1-6H3/t15-,18+,19-/m0/s1. The van der Waals surface area contributed by atoms with Crippen molar-refractivity contribution in [3.63, 3.8) is 0 Å². The number of benzene rings is 1. The lowest BCUT2D eigenvalue weighted by Gasteiger charge is -2.30. The number of carbonyl (C=O) groups excluding carboxylic acids is 3. The number of amides is 2. The largest absolute Gasteiger partial charge is 0.497 e. The quantitative estimate of drug-likeness (QED) is 0.474. The van der Waals surface area contributed by atoms with Crippen LogP contribution in [0.5, 0.6) is 11.5 Å². The zero-order valence-corrected chi connectivity index (χ0v) is 20.0. The van der Waals surface area contributed by atoms with E-state index in [4.69, 9.17) is 28.4 Å². The molecule has 0 spiro atoms. The number of imide groups is 1. The Labute approximate surface area is 194 Å². The van der Waals surface area contributed by atoms with Crippen LogP contribution in [-0.4, -0.2) is 73.8 Å². The fourth-order valence-corrected chi connectivity index (χ4v) is 3.08. The Morgan fingerprint density at radius 2 is 1.73 bits per heavy atom. The molecule has 10 heteroatoms. The van der Waals surface area contributed by atoms with Gasteiger partial charge in [-0.05, 0) is 58.9 Å². The highest BCUT2D eigenvalue weighted by Crippen LogP contribution is 2.22. The van der Waals surface area contributed by atoms with E-state index in [1.165, 1.54) is 0 Å². The molecule has 0 N–H and O–H groups in total. The van der Waals surface area contributed by atoms with Crippen LogP contribution >= 0.6 is 0 Å². The summed E-state index contributed by atoms with van der Waals surface area (Å²) in [6, 6.07) is 5.68. The lowest BCUT2D eigenvalue weighted by atomic mass is 10.2. The highest BCUT2D eigenvalue weighted by atomic mass is 16.6. The molecule has 0 radical (unpaired) electrons. The van der Waals surface area contributed by atoms with Crippen LogP contribution in [0.25, 0.3) is 0 Å². The zero-order valence-electron chi connectivity index (χ0n) is 20.0. The Balaban J connectivity index is 2.18. The molecule has 1 aromatic rings. The van der Waals surface area contributed by atoms with E-state index < -0.39 is 42.0 Å². The molecule has 0 bridgehead atoms. The average molecular weight is 468 g/mol. The summed E-state index contributed by atoms with van der Waals surface area (Å²) in [5, 5.41) is 0. The summed E-state index contributed by atoms with van der Waals surface area (Å²) in [7, 11) is 1.57. The third kappa shape index (κ3) is 8.12. The normalized spacial score (nSPS) is 21.5. The number of hydrogen-bond donors (Lipinski definition) is 0. The minimum atomic E-state index is -1.37. The topological polar surface area (TPSA) is 110 Å². The number of carbonyl (C=O) groups is 3. The first-order valence-corrected chi connectivity index (χ1v) is 10.8. The molecule has 1 aliphatic heterocycles. The van der Waals surface area contributed by atoms with Crippen molar-refractivity contribution in [2.24, 2.45) is 0 Å². The zero-order chi connectivity index (χ0) is 24.6. The van der Waals surface area contributed by atoms with Crippen LogP contribution in [0.4, 0.5) is 9.59 Å². The Morgan fingerprint density at radius 3 is 2.30 bits per heavy atom. The molecule has 33 heavy (non-hydrogen) atoms. The van der Waals surface area contributed by atoms with Gasteiger partial charge in [-0.3, -0.25) is 0 Å². The number of methoxy groups -OCH3 is 1. The van der Waals surface area contributed by atoms with Gasteiger partial charge in [0.2, 0.25) is 0 Å². The van der Waals surface area contributed by atoms with Gasteiger partial charge in [-0.15, -0.1) is 0 Å². The molecule has 0 unspecified atom stereocenters. The molecule has 1 aromatic carbocycles. The first-order chi connectivity index (χ1) is 15.5. The summed E-state index contributed by atoms with van der Waals surface area (Å²) < 4.78 is 32.6. The van der Waals surface area contributed by atoms with Crippen molar-refractivity contribution in [1.82, 2.24) is 4.90 Å². The summed E-state index contributed by atoms with van der Waals surface area (Å²) in [5.74, 6) is 0.492. The van der Waals surface area contributed by atoms with E-state index >= 15 is 0 Å². The molecule has 184 valence electrons. The van der Waals surface area contributed by atoms with Crippen molar-refractivity contribution >= 4 is 18.2 Å². The maximum Gasteiger partial charge on any atom is 0.420 e. The Hall–Kier alpha value is -3.01. The van der Waals surface area contributed by atoms with Crippen molar-refractivity contribution in [1.29, 1.82) is 0 Å². The summed E-state index contributed by atoms with van der Waals surface area (Å²) in [4.78, 5) is 38.8. The highest BCUT2D eigenvalue weighted by molar-refractivity contribution is 5.94. The molecule has 1 fully saturated rings. The van der Waals surface area contributed by atoms with E-state index in [1.54, 1.807) is 66.0 Å². The van der Waals surface area contributed by atoms with E-state index in [0.717, 1.165) is 0 Å². The number of nitrogens with zero attached hydrogens (tertiary/aromatic N) is 1. The second kappa shape index (κ2) is 11.7. The van der Waals surface area contributed by atoms with E-state index in [2.05, 4.69) is 0 Å². The summed E-state index contributed by atoms with van der Waals surface area (Å²) in [5.41, 5.74) is -0.893. The van der Waals surface area contributed by atoms with Crippen molar-refractivity contribution in [2.75, 3.05) is 26.9 Å². The minimum absolute atomic E-state index is 0.00886. The predicted molar refractivity (Wildman–Crippen MR) is 117 cm³/mol. The van der Waals surface area contributed by atoms with Crippen molar-refractivity contribution in [3.05, 3.63) is 24.3 Å². The third-order valence-electron chi connectivity index (χ3n) is 4.49. The lowest BCUT2D eigenvalue weighted by molar-refractivity contribution is -0.155. The van der Waals surface area contributed by atoms with Gasteiger partial charge in [0.25, 0.3) is 0 Å². The Morgan fingerprint density at radius 1 is 1.09 bits per heavy atom. The molecule has 1 aliphatic rings. The number of rotatable bonds is 5. The molecule has 1 saturated heterocycles. The second-order valence-electron chi connectivity index (χ2n) is 8.50. The maximum absolute atomic E-state index is 12.9. The van der Waals surface area contributed by atoms with E-state index in [0.29, 0.717) is 22.8 Å². The summed E-state index contributed by atoms with van der Waals surface area (Å²) >= 11 is 0. The highest BCUT2D eigenvalue weighted by Gasteiger charge is 2.41. The average Bonchev–Trinajstić information content (AvgIpc) is 2.77. The van der Waals surface area contributed by atoms with Crippen LogP contribution in [0.2, 0.25) is 0 Å². The van der Waals surface area contributed by atoms with Crippen molar-refractivity contribution in [3.8, 4) is 11.5 Å². The van der Waals surface area contributed by atoms with Gasteiger partial charge in [0.15, 0.2) is 6.04 Å². The number of cyclic esters (lactones) is 1. The molecular weight excluding hydrogens is 434 g/mol. The maximum atomic E-state index is 12.9. The van der Waals surface area contributed by atoms with E-state index in [9.17, 15) is 14.4 Å². The number of hydrogen-bond acceptors (Lipinski definition) is 9. The Kier molecular flexibility index (Phi) is 9.33. The van der Waals surface area contributed by atoms with Crippen LogP contribution in [0.3, 0.4) is 0 Å². The molecule has 1 heterocycles. The molecule has 2 rings (SSSR count). The SMILES string of the molecule is CCOC(=O)N(C(=O)OC(C)(C)C)[C@H]1COC[C@H](Oc2ccc(OC)cc2)C[C@H](C)OC1=O. The molecular formula is C23H33NO9. The summed E-state index contributed by atoms with van der Waals surface area (Å²) in [6.45, 7) is 8.05. The smallest absolute Gasteiger partial charge is 0.420 e. The molecule has 2 amide bonds. The fourth-order valence-electron chi connectivity index (χ4n) is 3.08. The molecule has 10 nitrogen and oxygen atoms in total. The van der Waals surface area contributed by atoms with Crippen LogP contribution < -0.4 is 9.47 Å². The van der Waals surface area contributed by atoms with Crippen LogP contribution in [0.1, 0.15) is 41.0 Å². The predicted octanol–water partition coefficient (Wildman–Crippen LogP) is 3.56. The number of ether oxygens (including phenoxy) is 6. The van der Waals surface area contributed by atoms with E-state index in [1.807, 2.05) is 0 Å². The monoisotopic (exact) mass is 467 g/mol. The first-order valence-electron chi connectivity index (χ1n) is 10.8. The molecule has 3 atom stereocenters. The minimum Gasteiger partial charge on any atom is -0.497 e.